The predicted molar refractivity (Wildman–Crippen MR) is 66.5 cm³/mol. The summed E-state index contributed by atoms with van der Waals surface area (Å²) in [7, 11) is 0. The molecule has 0 unspecified atom stereocenters. The Morgan fingerprint density at radius 3 is 2.75 bits per heavy atom. The van der Waals surface area contributed by atoms with Crippen LogP contribution in [0.2, 0.25) is 10.0 Å². The van der Waals surface area contributed by atoms with E-state index < -0.39 is 0 Å². The van der Waals surface area contributed by atoms with Gasteiger partial charge in [-0.25, -0.2) is 4.98 Å². The van der Waals surface area contributed by atoms with Crippen LogP contribution in [0.3, 0.4) is 0 Å². The summed E-state index contributed by atoms with van der Waals surface area (Å²) in [5, 5.41) is 5.68. The quantitative estimate of drug-likeness (QED) is 0.906. The Morgan fingerprint density at radius 1 is 1.31 bits per heavy atom. The minimum atomic E-state index is -0.256. The van der Waals surface area contributed by atoms with Crippen molar-refractivity contribution < 1.29 is 4.79 Å². The number of nitrogens with zero attached hydrogens (tertiary/aromatic N) is 1. The van der Waals surface area contributed by atoms with Gasteiger partial charge in [-0.3, -0.25) is 4.79 Å². The number of carbonyl (C=O) groups is 1. The molecule has 1 aromatic heterocycles. The van der Waals surface area contributed by atoms with Gasteiger partial charge in [0.05, 0.1) is 10.0 Å². The molecule has 0 saturated heterocycles. The lowest BCUT2D eigenvalue weighted by atomic mass is 10.3. The van der Waals surface area contributed by atoms with Crippen LogP contribution in [0.5, 0.6) is 0 Å². The highest BCUT2D eigenvalue weighted by Gasteiger charge is 2.09. The molecule has 1 aromatic carbocycles. The van der Waals surface area contributed by atoms with E-state index in [9.17, 15) is 4.79 Å². The Balaban J connectivity index is 2.15. The summed E-state index contributed by atoms with van der Waals surface area (Å²) in [5.74, 6) is -0.256. The lowest BCUT2D eigenvalue weighted by Crippen LogP contribution is -2.11. The Labute approximate surface area is 106 Å². The Kier molecular flexibility index (Phi) is 3.43. The third-order valence-electron chi connectivity index (χ3n) is 1.80. The number of hydrogen-bond donors (Lipinski definition) is 1. The summed E-state index contributed by atoms with van der Waals surface area (Å²) in [6, 6.07) is 4.90. The van der Waals surface area contributed by atoms with Crippen molar-refractivity contribution in [1.29, 1.82) is 0 Å². The summed E-state index contributed by atoms with van der Waals surface area (Å²) < 4.78 is 0. The normalized spacial score (nSPS) is 10.1. The van der Waals surface area contributed by atoms with Crippen molar-refractivity contribution in [3.8, 4) is 0 Å². The van der Waals surface area contributed by atoms with E-state index in [4.69, 9.17) is 23.2 Å². The SMILES string of the molecule is O=C(Nc1ccc(Cl)c(Cl)c1)c1nccs1. The molecule has 2 aromatic rings. The molecular weight excluding hydrogens is 267 g/mol. The highest BCUT2D eigenvalue weighted by Crippen LogP contribution is 2.25. The van der Waals surface area contributed by atoms with Gasteiger partial charge in [0, 0.05) is 17.3 Å². The van der Waals surface area contributed by atoms with Gasteiger partial charge >= 0.3 is 0 Å². The van der Waals surface area contributed by atoms with Crippen LogP contribution in [0, 0.1) is 0 Å². The van der Waals surface area contributed by atoms with E-state index in [2.05, 4.69) is 10.3 Å². The van der Waals surface area contributed by atoms with Crippen LogP contribution in [0.1, 0.15) is 9.80 Å². The summed E-state index contributed by atoms with van der Waals surface area (Å²) >= 11 is 12.9. The first kappa shape index (κ1) is 11.4. The fourth-order valence-electron chi connectivity index (χ4n) is 1.09. The third kappa shape index (κ3) is 2.52. The second-order valence-corrected chi connectivity index (χ2v) is 4.63. The monoisotopic (exact) mass is 272 g/mol. The molecule has 1 amide bonds. The van der Waals surface area contributed by atoms with Crippen molar-refractivity contribution in [3.63, 3.8) is 0 Å². The number of hydrogen-bond acceptors (Lipinski definition) is 3. The van der Waals surface area contributed by atoms with Gasteiger partial charge in [0.1, 0.15) is 0 Å². The molecular formula is C10H6Cl2N2OS. The van der Waals surface area contributed by atoms with Gasteiger partial charge in [-0.05, 0) is 18.2 Å². The van der Waals surface area contributed by atoms with Crippen LogP contribution in [0.25, 0.3) is 0 Å². The maximum absolute atomic E-state index is 11.6. The number of carbonyl (C=O) groups excluding carboxylic acids is 1. The zero-order chi connectivity index (χ0) is 11.5. The van der Waals surface area contributed by atoms with Crippen LogP contribution < -0.4 is 5.32 Å². The molecule has 0 atom stereocenters. The van der Waals surface area contributed by atoms with Crippen molar-refractivity contribution >= 4 is 46.1 Å². The molecule has 2 rings (SSSR count). The number of amides is 1. The fourth-order valence-corrected chi connectivity index (χ4v) is 1.92. The molecule has 16 heavy (non-hydrogen) atoms. The van der Waals surface area contributed by atoms with Crippen molar-refractivity contribution in [2.45, 2.75) is 0 Å². The molecule has 0 saturated carbocycles. The van der Waals surface area contributed by atoms with Gasteiger partial charge in [0.2, 0.25) is 0 Å². The van der Waals surface area contributed by atoms with Crippen LogP contribution in [0.4, 0.5) is 5.69 Å². The molecule has 0 bridgehead atoms. The number of aromatic nitrogens is 1. The van der Waals surface area contributed by atoms with Gasteiger partial charge in [0.25, 0.3) is 5.91 Å². The van der Waals surface area contributed by atoms with E-state index in [1.807, 2.05) is 0 Å². The molecule has 0 radical (unpaired) electrons. The molecule has 6 heteroatoms. The lowest BCUT2D eigenvalue weighted by Gasteiger charge is -2.04. The van der Waals surface area contributed by atoms with Crippen molar-refractivity contribution in [3.05, 3.63) is 44.8 Å². The van der Waals surface area contributed by atoms with Crippen LogP contribution in [-0.2, 0) is 0 Å². The van der Waals surface area contributed by atoms with E-state index >= 15 is 0 Å². The number of thiazole rings is 1. The number of nitrogens with one attached hydrogen (secondary N) is 1. The Bertz CT molecular complexity index is 514. The minimum Gasteiger partial charge on any atom is -0.320 e. The number of anilines is 1. The topological polar surface area (TPSA) is 42.0 Å². The summed E-state index contributed by atoms with van der Waals surface area (Å²) in [6.07, 6.45) is 1.58. The third-order valence-corrected chi connectivity index (χ3v) is 3.31. The van der Waals surface area contributed by atoms with E-state index in [1.54, 1.807) is 29.8 Å². The first-order chi connectivity index (χ1) is 7.66. The van der Waals surface area contributed by atoms with Crippen molar-refractivity contribution in [1.82, 2.24) is 4.98 Å². The molecule has 0 aliphatic carbocycles. The molecule has 3 nitrogen and oxygen atoms in total. The summed E-state index contributed by atoms with van der Waals surface area (Å²) in [5.41, 5.74) is 0.592. The maximum atomic E-state index is 11.6. The fraction of sp³-hybridized carbons (Fsp3) is 0. The number of rotatable bonds is 2. The second kappa shape index (κ2) is 4.82. The molecule has 0 spiro atoms. The van der Waals surface area contributed by atoms with E-state index in [0.717, 1.165) is 0 Å². The Hall–Kier alpha value is -1.10. The second-order valence-electron chi connectivity index (χ2n) is 2.92. The van der Waals surface area contributed by atoms with Crippen LogP contribution in [0.15, 0.2) is 29.8 Å². The molecule has 0 aliphatic rings. The standard InChI is InChI=1S/C10H6Cl2N2OS/c11-7-2-1-6(5-8(7)12)14-9(15)10-13-3-4-16-10/h1-5H,(H,14,15). The van der Waals surface area contributed by atoms with Gasteiger partial charge in [-0.2, -0.15) is 0 Å². The molecule has 0 fully saturated rings. The largest absolute Gasteiger partial charge is 0.320 e. The van der Waals surface area contributed by atoms with E-state index in [0.29, 0.717) is 20.7 Å². The van der Waals surface area contributed by atoms with E-state index in [1.165, 1.54) is 11.3 Å². The van der Waals surface area contributed by atoms with Gasteiger partial charge in [-0.1, -0.05) is 23.2 Å². The zero-order valence-corrected chi connectivity index (χ0v) is 10.2. The average Bonchev–Trinajstić information content (AvgIpc) is 2.77. The zero-order valence-electron chi connectivity index (χ0n) is 7.91. The smallest absolute Gasteiger partial charge is 0.284 e. The van der Waals surface area contributed by atoms with Crippen molar-refractivity contribution in [2.24, 2.45) is 0 Å². The Morgan fingerprint density at radius 2 is 2.12 bits per heavy atom. The van der Waals surface area contributed by atoms with Crippen LogP contribution in [-0.4, -0.2) is 10.9 Å². The van der Waals surface area contributed by atoms with Gasteiger partial charge in [0.15, 0.2) is 5.01 Å². The first-order valence-electron chi connectivity index (χ1n) is 4.33. The van der Waals surface area contributed by atoms with Gasteiger partial charge < -0.3 is 5.32 Å². The lowest BCUT2D eigenvalue weighted by molar-refractivity contribution is 0.102. The predicted octanol–water partition coefficient (Wildman–Crippen LogP) is 3.70. The highest BCUT2D eigenvalue weighted by molar-refractivity contribution is 7.11. The highest BCUT2D eigenvalue weighted by atomic mass is 35.5. The number of halogens is 2. The number of benzene rings is 1. The molecule has 0 aliphatic heterocycles. The van der Waals surface area contributed by atoms with E-state index in [-0.39, 0.29) is 5.91 Å². The van der Waals surface area contributed by atoms with Crippen LogP contribution >= 0.6 is 34.5 Å². The summed E-state index contributed by atoms with van der Waals surface area (Å²) in [6.45, 7) is 0. The molecule has 82 valence electrons. The van der Waals surface area contributed by atoms with Gasteiger partial charge in [-0.15, -0.1) is 11.3 Å². The summed E-state index contributed by atoms with van der Waals surface area (Å²) in [4.78, 5) is 15.5. The molecule has 1 heterocycles. The molecule has 1 N–H and O–H groups in total. The van der Waals surface area contributed by atoms with Crippen molar-refractivity contribution in [2.75, 3.05) is 5.32 Å². The maximum Gasteiger partial charge on any atom is 0.284 e. The minimum absolute atomic E-state index is 0.256. The first-order valence-corrected chi connectivity index (χ1v) is 5.96. The average molecular weight is 273 g/mol.